The minimum Gasteiger partial charge on any atom is -0.380 e. The minimum atomic E-state index is 0. The fraction of sp³-hybridized carbons (Fsp3) is 0.257. The number of nitrogens with one attached hydrogen (secondary N) is 1. The molecule has 0 bridgehead atoms. The zero-order valence-electron chi connectivity index (χ0n) is 35.6. The smallest absolute Gasteiger partial charge is 0.181 e. The van der Waals surface area contributed by atoms with Gasteiger partial charge in [-0.05, 0) is 60.1 Å². The van der Waals surface area contributed by atoms with Gasteiger partial charge in [0.2, 0.25) is 0 Å². The summed E-state index contributed by atoms with van der Waals surface area (Å²) in [6, 6.07) is 23.7. The van der Waals surface area contributed by atoms with Crippen LogP contribution < -0.4 is 11.6 Å². The van der Waals surface area contributed by atoms with Gasteiger partial charge in [-0.2, -0.15) is 10.2 Å². The molecule has 0 fully saturated rings. The van der Waals surface area contributed by atoms with Crippen molar-refractivity contribution in [2.45, 2.75) is 60.8 Å². The molecule has 0 aliphatic rings. The van der Waals surface area contributed by atoms with Crippen molar-refractivity contribution in [3.8, 4) is 22.9 Å². The van der Waals surface area contributed by atoms with Gasteiger partial charge in [-0.15, -0.1) is 0 Å². The molecule has 9 heteroatoms. The van der Waals surface area contributed by atoms with Crippen LogP contribution in [0, 0.1) is 13.8 Å². The molecule has 0 aliphatic carbocycles. The summed E-state index contributed by atoms with van der Waals surface area (Å²) in [6.45, 7) is 12.6. The number of H-pyrrole nitrogens is 1. The van der Waals surface area contributed by atoms with Crippen molar-refractivity contribution in [1.29, 1.82) is 0 Å². The maximum atomic E-state index is 10.3. The molecule has 2 aromatic carbocycles. The topological polar surface area (TPSA) is 149 Å². The Kier molecular flexibility index (Phi) is 10.7. The molecule has 3 heterocycles. The van der Waals surface area contributed by atoms with Crippen LogP contribution in [0.2, 0.25) is 0 Å². The van der Waals surface area contributed by atoms with Crippen LogP contribution in [0.25, 0.3) is 22.9 Å². The second-order valence-electron chi connectivity index (χ2n) is 10.6. The van der Waals surface area contributed by atoms with E-state index in [1.807, 2.05) is 62.4 Å². The normalized spacial score (nSPS) is 11.6. The van der Waals surface area contributed by atoms with Crippen molar-refractivity contribution >= 4 is 12.1 Å². The van der Waals surface area contributed by atoms with Gasteiger partial charge in [0.05, 0.1) is 0 Å². The Morgan fingerprint density at radius 1 is 0.864 bits per heavy atom. The molecule has 5 aromatic rings. The first-order chi connectivity index (χ1) is 25.6. The number of nitrogens with zero attached hydrogens (tertiary/aromatic N) is 5. The molecule has 0 saturated carbocycles. The summed E-state index contributed by atoms with van der Waals surface area (Å²) in [5.41, 5.74) is 13.3. The average molecular weight is 623 g/mol. The quantitative estimate of drug-likeness (QED) is 0.0565. The van der Waals surface area contributed by atoms with E-state index in [-0.39, 0.29) is 13.3 Å². The zero-order valence-corrected chi connectivity index (χ0v) is 25.6. The summed E-state index contributed by atoms with van der Waals surface area (Å²) in [4.78, 5) is 23.2. The molecule has 5 rings (SSSR count). The summed E-state index contributed by atoms with van der Waals surface area (Å²) < 4.78 is 50.0. The third-order valence-electron chi connectivity index (χ3n) is 6.69. The third-order valence-corrected chi connectivity index (χ3v) is 6.69. The van der Waals surface area contributed by atoms with Crippen LogP contribution in [0.3, 0.4) is 0 Å². The fourth-order valence-corrected chi connectivity index (χ4v) is 4.02. The third kappa shape index (κ3) is 9.69. The highest BCUT2D eigenvalue weighted by Crippen LogP contribution is 2.23. The maximum absolute atomic E-state index is 10.3. The van der Waals surface area contributed by atoms with Crippen LogP contribution in [-0.2, 0) is 0 Å². The number of aryl methyl sites for hydroxylation is 2. The first kappa shape index (κ1) is 27.6. The summed E-state index contributed by atoms with van der Waals surface area (Å²) in [7, 11) is 0. The number of hydrogen-bond donors (Lipinski definition) is 3. The number of nitrogens with two attached hydrogens (primary N) is 2. The van der Waals surface area contributed by atoms with Gasteiger partial charge in [-0.25, -0.2) is 4.98 Å². The largest absolute Gasteiger partial charge is 0.380 e. The zero-order chi connectivity index (χ0) is 41.4. The van der Waals surface area contributed by atoms with Crippen molar-refractivity contribution in [1.82, 2.24) is 25.1 Å². The summed E-state index contributed by atoms with van der Waals surface area (Å²) in [6.07, 6.45) is 4.28. The predicted octanol–water partition coefficient (Wildman–Crippen LogP) is 8.42. The molecule has 0 saturated heterocycles. The first-order valence-corrected chi connectivity index (χ1v) is 14.1. The molecule has 0 spiro atoms. The summed E-state index contributed by atoms with van der Waals surface area (Å²) in [5, 5.41) is 10.6. The SMILES string of the molecule is C.CC(C)c1ccc(C=O)cc1.Cc1cccnc1-c1nc(-c2ccc(C(C)C)cc2)n[nH]1.Cc1cccnc1/C(N)=N/N.[3H][3H].[3H][3H].[3H][3H].[3H][3H].[3H][3H]. The van der Waals surface area contributed by atoms with Gasteiger partial charge >= 0.3 is 0 Å². The Bertz CT molecular complexity index is 1660. The lowest BCUT2D eigenvalue weighted by Crippen LogP contribution is -2.18. The van der Waals surface area contributed by atoms with Gasteiger partial charge in [0.25, 0.3) is 0 Å². The summed E-state index contributed by atoms with van der Waals surface area (Å²) >= 11 is 0. The van der Waals surface area contributed by atoms with Crippen molar-refractivity contribution in [2.75, 3.05) is 0 Å². The Balaban J connectivity index is -0.000000326. The second-order valence-corrected chi connectivity index (χ2v) is 10.6. The predicted molar refractivity (Wildman–Crippen MR) is 191 cm³/mol. The van der Waals surface area contributed by atoms with Crippen LogP contribution >= 0.6 is 0 Å². The van der Waals surface area contributed by atoms with Crippen molar-refractivity contribution in [3.05, 3.63) is 119 Å². The van der Waals surface area contributed by atoms with Gasteiger partial charge in [-0.1, -0.05) is 95.8 Å². The monoisotopic (exact) mass is 623 g/mol. The molecule has 0 aliphatic heterocycles. The molecule has 0 amide bonds. The number of carbonyl (C=O) groups is 1. The second kappa shape index (κ2) is 17.1. The highest BCUT2D eigenvalue weighted by atomic mass is 16.1. The maximum Gasteiger partial charge on any atom is 0.181 e. The number of hydrogen-bond acceptors (Lipinski definition) is 7. The Morgan fingerprint density at radius 3 is 1.91 bits per heavy atom. The van der Waals surface area contributed by atoms with E-state index in [1.54, 1.807) is 12.4 Å². The highest BCUT2D eigenvalue weighted by Gasteiger charge is 2.11. The van der Waals surface area contributed by atoms with Crippen LogP contribution in [0.4, 0.5) is 0 Å². The number of rotatable bonds is 6. The number of carbonyl (C=O) groups excluding carboxylic acids is 1. The van der Waals surface area contributed by atoms with Gasteiger partial charge in [0.1, 0.15) is 17.7 Å². The molecule has 3 aromatic heterocycles. The molecule has 0 radical (unpaired) electrons. The molecule has 0 unspecified atom stereocenters. The number of pyridine rings is 2. The van der Waals surface area contributed by atoms with E-state index in [2.05, 4.69) is 82.2 Å². The van der Waals surface area contributed by atoms with E-state index in [0.29, 0.717) is 29.2 Å². The molecule has 240 valence electrons. The molecule has 0 atom stereocenters. The average Bonchev–Trinajstić information content (AvgIpc) is 3.72. The Morgan fingerprint density at radius 2 is 1.41 bits per heavy atom. The van der Waals surface area contributed by atoms with E-state index in [0.717, 1.165) is 34.2 Å². The molecular weight excluding hydrogens is 548 g/mol. The van der Waals surface area contributed by atoms with E-state index < -0.39 is 0 Å². The first-order valence-electron chi connectivity index (χ1n) is 19.1. The van der Waals surface area contributed by atoms with Crippen LogP contribution in [0.1, 0.15) is 100 Å². The number of benzene rings is 2. The van der Waals surface area contributed by atoms with Gasteiger partial charge in [0.15, 0.2) is 17.5 Å². The van der Waals surface area contributed by atoms with Crippen LogP contribution in [-0.4, -0.2) is 37.3 Å². The van der Waals surface area contributed by atoms with E-state index in [4.69, 9.17) is 26.4 Å². The van der Waals surface area contributed by atoms with E-state index in [9.17, 15) is 4.79 Å². The van der Waals surface area contributed by atoms with Gasteiger partial charge in [0, 0.05) is 38.4 Å². The highest BCUT2D eigenvalue weighted by molar-refractivity contribution is 5.96. The molecular formula is C35H54N8O. The lowest BCUT2D eigenvalue weighted by molar-refractivity contribution is 0.112. The van der Waals surface area contributed by atoms with E-state index >= 15 is 0 Å². The fourth-order valence-electron chi connectivity index (χ4n) is 4.02. The van der Waals surface area contributed by atoms with Gasteiger partial charge < -0.3 is 11.6 Å². The number of hydrazone groups is 1. The molecule has 9 nitrogen and oxygen atoms in total. The lowest BCUT2D eigenvalue weighted by Gasteiger charge is -2.04. The van der Waals surface area contributed by atoms with Crippen LogP contribution in [0.15, 0.2) is 90.3 Å². The molecule has 5 N–H and O–H groups in total. The number of aromatic nitrogens is 5. The number of aromatic amines is 1. The lowest BCUT2D eigenvalue weighted by atomic mass is 10.0. The Labute approximate surface area is 276 Å². The minimum absolute atomic E-state index is 0. The van der Waals surface area contributed by atoms with Crippen molar-refractivity contribution in [3.63, 3.8) is 0 Å². The van der Waals surface area contributed by atoms with Crippen molar-refractivity contribution < 1.29 is 19.6 Å². The number of aldehydes is 1. The van der Waals surface area contributed by atoms with Crippen LogP contribution in [0.5, 0.6) is 0 Å². The Hall–Kier alpha value is -5.18. The summed E-state index contributed by atoms with van der Waals surface area (Å²) in [5.74, 6) is 7.73. The van der Waals surface area contributed by atoms with Crippen molar-refractivity contribution in [2.24, 2.45) is 16.7 Å². The number of amidine groups is 1. The van der Waals surface area contributed by atoms with Gasteiger partial charge in [-0.3, -0.25) is 19.9 Å². The molecule has 44 heavy (non-hydrogen) atoms. The van der Waals surface area contributed by atoms with E-state index in [1.165, 1.54) is 11.1 Å². The standard InChI is InChI=1S/C17H18N4.C10H12O.C7H10N4.CH4.5H2/c1-11(2)13-6-8-14(9-7-13)16-19-17(21-20-16)15-12(3)5-4-10-18-15;1-8(2)10-5-3-9(7-11)4-6-10;1-5-3-2-4-10-6(5)7(8)11-9;;;;;;/h4-11H,1-3H3,(H,19,20,21);3-8H,1-2H3;2-4H,9H2,1H3,(H2,8,11);1H4;5*1H/i;;;;5*1+2T.